The fourth-order valence-electron chi connectivity index (χ4n) is 1.10. The molecule has 0 aromatic carbocycles. The molecule has 0 rings (SSSR count). The van der Waals surface area contributed by atoms with E-state index in [4.69, 9.17) is 0 Å². The van der Waals surface area contributed by atoms with Gasteiger partial charge in [-0.15, -0.1) is 0 Å². The molecule has 78 valence electrons. The average Bonchev–Trinajstić information content (AvgIpc) is 2.16. The normalized spacial score (nSPS) is 10.3. The molecule has 0 atom stereocenters. The molecule has 0 aliphatic heterocycles. The summed E-state index contributed by atoms with van der Waals surface area (Å²) >= 11 is 1.99. The van der Waals surface area contributed by atoms with Crippen molar-refractivity contribution in [1.29, 1.82) is 0 Å². The lowest BCUT2D eigenvalue weighted by atomic mass is 10.2. The van der Waals surface area contributed by atoms with Crippen LogP contribution in [0.25, 0.3) is 0 Å². The maximum Gasteiger partial charge on any atom is 0.132 e. The van der Waals surface area contributed by atoms with Crippen LogP contribution >= 0.6 is 11.8 Å². The molecular formula is C11H22OS. The van der Waals surface area contributed by atoms with Crippen LogP contribution in [0.1, 0.15) is 52.4 Å². The van der Waals surface area contributed by atoms with Crippen molar-refractivity contribution in [2.75, 3.05) is 11.5 Å². The Balaban J connectivity index is 2.95. The Morgan fingerprint density at radius 3 is 2.38 bits per heavy atom. The molecule has 0 heterocycles. The minimum atomic E-state index is 0.411. The summed E-state index contributed by atoms with van der Waals surface area (Å²) in [7, 11) is 0. The lowest BCUT2D eigenvalue weighted by molar-refractivity contribution is -0.118. The highest BCUT2D eigenvalue weighted by molar-refractivity contribution is 7.99. The van der Waals surface area contributed by atoms with Crippen molar-refractivity contribution in [1.82, 2.24) is 0 Å². The van der Waals surface area contributed by atoms with Crippen molar-refractivity contribution in [3.05, 3.63) is 0 Å². The number of carbonyl (C=O) groups is 1. The van der Waals surface area contributed by atoms with E-state index in [0.717, 1.165) is 18.6 Å². The van der Waals surface area contributed by atoms with Crippen LogP contribution in [0, 0.1) is 0 Å². The number of hydrogen-bond donors (Lipinski definition) is 0. The van der Waals surface area contributed by atoms with Crippen molar-refractivity contribution in [2.45, 2.75) is 52.4 Å². The van der Waals surface area contributed by atoms with E-state index in [-0.39, 0.29) is 0 Å². The Bertz CT molecular complexity index is 123. The summed E-state index contributed by atoms with van der Waals surface area (Å²) in [5.41, 5.74) is 0. The van der Waals surface area contributed by atoms with Gasteiger partial charge in [0.15, 0.2) is 0 Å². The second-order valence-corrected chi connectivity index (χ2v) is 4.54. The molecule has 0 N–H and O–H groups in total. The number of unbranched alkanes of at least 4 members (excludes halogenated alkanes) is 2. The highest BCUT2D eigenvalue weighted by atomic mass is 32.2. The molecule has 0 amide bonds. The second kappa shape index (κ2) is 10.1. The van der Waals surface area contributed by atoms with Crippen LogP contribution in [-0.2, 0) is 4.79 Å². The van der Waals surface area contributed by atoms with Gasteiger partial charge in [0.1, 0.15) is 5.78 Å². The summed E-state index contributed by atoms with van der Waals surface area (Å²) in [5, 5.41) is 0. The van der Waals surface area contributed by atoms with E-state index in [2.05, 4.69) is 6.92 Å². The Labute approximate surface area is 86.7 Å². The molecule has 1 nitrogen and oxygen atoms in total. The predicted octanol–water partition coefficient (Wildman–Crippen LogP) is 3.67. The van der Waals surface area contributed by atoms with E-state index in [1.54, 1.807) is 0 Å². The van der Waals surface area contributed by atoms with Gasteiger partial charge in [0.05, 0.1) is 0 Å². The van der Waals surface area contributed by atoms with Gasteiger partial charge in [0.25, 0.3) is 0 Å². The zero-order valence-electron chi connectivity index (χ0n) is 8.97. The molecule has 0 spiro atoms. The highest BCUT2D eigenvalue weighted by Gasteiger charge is 1.97. The minimum Gasteiger partial charge on any atom is -0.300 e. The number of carbonyl (C=O) groups excluding carboxylic acids is 1. The maximum absolute atomic E-state index is 10.9. The Morgan fingerprint density at radius 1 is 1.08 bits per heavy atom. The lowest BCUT2D eigenvalue weighted by Crippen LogP contribution is -1.95. The maximum atomic E-state index is 10.9. The summed E-state index contributed by atoms with van der Waals surface area (Å²) < 4.78 is 0. The van der Waals surface area contributed by atoms with E-state index >= 15 is 0 Å². The topological polar surface area (TPSA) is 17.1 Å². The summed E-state index contributed by atoms with van der Waals surface area (Å²) in [4.78, 5) is 10.9. The van der Waals surface area contributed by atoms with Gasteiger partial charge in [-0.25, -0.2) is 0 Å². The molecule has 13 heavy (non-hydrogen) atoms. The molecule has 0 aliphatic rings. The van der Waals surface area contributed by atoms with Crippen molar-refractivity contribution >= 4 is 17.5 Å². The van der Waals surface area contributed by atoms with E-state index in [1.165, 1.54) is 25.0 Å². The summed E-state index contributed by atoms with van der Waals surface area (Å²) in [6, 6.07) is 0. The van der Waals surface area contributed by atoms with Crippen LogP contribution in [0.5, 0.6) is 0 Å². The molecular weight excluding hydrogens is 180 g/mol. The third-order valence-corrected chi connectivity index (χ3v) is 3.19. The predicted molar refractivity (Wildman–Crippen MR) is 61.4 cm³/mol. The minimum absolute atomic E-state index is 0.411. The van der Waals surface area contributed by atoms with Gasteiger partial charge in [-0.05, 0) is 24.3 Å². The summed E-state index contributed by atoms with van der Waals surface area (Å²) in [6.07, 6.45) is 6.56. The van der Waals surface area contributed by atoms with Crippen molar-refractivity contribution < 1.29 is 4.79 Å². The highest BCUT2D eigenvalue weighted by Crippen LogP contribution is 2.09. The van der Waals surface area contributed by atoms with Gasteiger partial charge >= 0.3 is 0 Å². The van der Waals surface area contributed by atoms with Crippen molar-refractivity contribution in [2.24, 2.45) is 0 Å². The van der Waals surface area contributed by atoms with Crippen LogP contribution in [0.2, 0.25) is 0 Å². The van der Waals surface area contributed by atoms with Crippen LogP contribution < -0.4 is 0 Å². The second-order valence-electron chi connectivity index (χ2n) is 3.32. The molecule has 0 aliphatic carbocycles. The third kappa shape index (κ3) is 9.94. The van der Waals surface area contributed by atoms with Crippen LogP contribution in [0.15, 0.2) is 0 Å². The molecule has 0 bridgehead atoms. The van der Waals surface area contributed by atoms with Gasteiger partial charge in [-0.3, -0.25) is 4.79 Å². The van der Waals surface area contributed by atoms with Gasteiger partial charge in [0.2, 0.25) is 0 Å². The summed E-state index contributed by atoms with van der Waals surface area (Å²) in [5.74, 6) is 2.85. The van der Waals surface area contributed by atoms with E-state index in [9.17, 15) is 4.79 Å². The number of Topliss-reactive ketones (excluding diaryl/α,β-unsaturated/α-hetero) is 1. The quantitative estimate of drug-likeness (QED) is 0.531. The Morgan fingerprint density at radius 2 is 1.77 bits per heavy atom. The number of rotatable bonds is 9. The van der Waals surface area contributed by atoms with Gasteiger partial charge in [-0.2, -0.15) is 11.8 Å². The molecule has 0 aromatic rings. The molecule has 2 heteroatoms. The third-order valence-electron chi connectivity index (χ3n) is 2.03. The molecule has 0 saturated heterocycles. The van der Waals surface area contributed by atoms with Crippen LogP contribution in [0.3, 0.4) is 0 Å². The first kappa shape index (κ1) is 13.0. The first-order chi connectivity index (χ1) is 6.31. The number of hydrogen-bond acceptors (Lipinski definition) is 2. The van der Waals surface area contributed by atoms with E-state index in [0.29, 0.717) is 12.2 Å². The number of ketones is 1. The SMILES string of the molecule is CCCCCSCCCC(=O)CC. The molecule has 0 saturated carbocycles. The molecule has 0 aromatic heterocycles. The summed E-state index contributed by atoms with van der Waals surface area (Å²) in [6.45, 7) is 4.17. The van der Waals surface area contributed by atoms with Gasteiger partial charge < -0.3 is 0 Å². The zero-order valence-corrected chi connectivity index (χ0v) is 9.79. The van der Waals surface area contributed by atoms with Gasteiger partial charge in [0, 0.05) is 12.8 Å². The number of thioether (sulfide) groups is 1. The van der Waals surface area contributed by atoms with Crippen molar-refractivity contribution in [3.63, 3.8) is 0 Å². The smallest absolute Gasteiger partial charge is 0.132 e. The van der Waals surface area contributed by atoms with Crippen LogP contribution in [0.4, 0.5) is 0 Å². The lowest BCUT2D eigenvalue weighted by Gasteiger charge is -2.00. The van der Waals surface area contributed by atoms with E-state index < -0.39 is 0 Å². The first-order valence-corrected chi connectivity index (χ1v) is 6.56. The van der Waals surface area contributed by atoms with Crippen molar-refractivity contribution in [3.8, 4) is 0 Å². The molecule has 0 fully saturated rings. The van der Waals surface area contributed by atoms with Crippen LogP contribution in [-0.4, -0.2) is 17.3 Å². The molecule has 0 unspecified atom stereocenters. The first-order valence-electron chi connectivity index (χ1n) is 5.40. The zero-order chi connectivity index (χ0) is 9.94. The fraction of sp³-hybridized carbons (Fsp3) is 0.909. The fourth-order valence-corrected chi connectivity index (χ4v) is 2.07. The standard InChI is InChI=1S/C11H22OS/c1-3-5-6-9-13-10-7-8-11(12)4-2/h3-10H2,1-2H3. The molecule has 0 radical (unpaired) electrons. The average molecular weight is 202 g/mol. The Hall–Kier alpha value is 0.0200. The largest absolute Gasteiger partial charge is 0.300 e. The van der Waals surface area contributed by atoms with Gasteiger partial charge in [-0.1, -0.05) is 26.7 Å². The Kier molecular flexibility index (Phi) is 10.1. The van der Waals surface area contributed by atoms with E-state index in [1.807, 2.05) is 18.7 Å². The monoisotopic (exact) mass is 202 g/mol.